The highest BCUT2D eigenvalue weighted by Gasteiger charge is 2.35. The summed E-state index contributed by atoms with van der Waals surface area (Å²) in [4.78, 5) is 8.57. The lowest BCUT2D eigenvalue weighted by molar-refractivity contribution is -0.0432. The van der Waals surface area contributed by atoms with E-state index in [-0.39, 0.29) is 6.61 Å². The molecule has 2 aromatic rings. The van der Waals surface area contributed by atoms with E-state index in [0.717, 1.165) is 5.69 Å². The molecule has 108 valence electrons. The zero-order valence-electron chi connectivity index (χ0n) is 10.8. The summed E-state index contributed by atoms with van der Waals surface area (Å²) in [5.74, 6) is 0. The lowest BCUT2D eigenvalue weighted by Gasteiger charge is -2.14. The Hall–Kier alpha value is -1.41. The highest BCUT2D eigenvalue weighted by molar-refractivity contribution is 6.30. The van der Waals surface area contributed by atoms with Gasteiger partial charge >= 0.3 is 0 Å². The molecular weight excluding hydrogens is 284 g/mol. The van der Waals surface area contributed by atoms with Crippen molar-refractivity contribution >= 4 is 28.5 Å². The molecule has 1 aliphatic heterocycles. The quantitative estimate of drug-likeness (QED) is 0.725. The van der Waals surface area contributed by atoms with Gasteiger partial charge in [0.15, 0.2) is 5.65 Å². The standard InChI is InChI=1S/C12H15ClN4O3/c1-14-6-2-9(13)16-12-11(6)15-5-17(12)10-3-7(19)8(4-18)20-10/h2,5,7-8,10,18-19H,3-4H2,1H3,(H,14,16)/t7-,8+,10+/m0/s1. The van der Waals surface area contributed by atoms with Crippen molar-refractivity contribution in [3.63, 3.8) is 0 Å². The maximum absolute atomic E-state index is 9.81. The van der Waals surface area contributed by atoms with Crippen LogP contribution in [0.5, 0.6) is 0 Å². The molecule has 20 heavy (non-hydrogen) atoms. The molecule has 8 heteroatoms. The second-order valence-corrected chi connectivity index (χ2v) is 5.07. The average molecular weight is 299 g/mol. The number of hydrogen-bond acceptors (Lipinski definition) is 6. The van der Waals surface area contributed by atoms with Crippen LogP contribution in [-0.4, -0.2) is 50.6 Å². The zero-order chi connectivity index (χ0) is 14.3. The molecule has 1 fully saturated rings. The van der Waals surface area contributed by atoms with Crippen molar-refractivity contribution in [2.24, 2.45) is 0 Å². The first-order valence-electron chi connectivity index (χ1n) is 6.29. The minimum atomic E-state index is -0.703. The fraction of sp³-hybridized carbons (Fsp3) is 0.500. The Bertz CT molecular complexity index is 632. The number of aromatic nitrogens is 3. The lowest BCUT2D eigenvalue weighted by Crippen LogP contribution is -2.24. The monoisotopic (exact) mass is 298 g/mol. The molecule has 2 aromatic heterocycles. The molecule has 0 spiro atoms. The van der Waals surface area contributed by atoms with E-state index in [1.165, 1.54) is 0 Å². The molecule has 0 unspecified atom stereocenters. The largest absolute Gasteiger partial charge is 0.394 e. The van der Waals surface area contributed by atoms with Crippen LogP contribution in [0.1, 0.15) is 12.6 Å². The molecule has 3 heterocycles. The predicted octanol–water partition coefficient (Wildman–Crippen LogP) is 0.767. The van der Waals surface area contributed by atoms with Gasteiger partial charge in [0, 0.05) is 19.5 Å². The second kappa shape index (κ2) is 5.17. The number of nitrogens with one attached hydrogen (secondary N) is 1. The Morgan fingerprint density at radius 2 is 2.40 bits per heavy atom. The minimum Gasteiger partial charge on any atom is -0.394 e. The van der Waals surface area contributed by atoms with E-state index in [1.807, 2.05) is 0 Å². The summed E-state index contributed by atoms with van der Waals surface area (Å²) < 4.78 is 7.33. The summed E-state index contributed by atoms with van der Waals surface area (Å²) in [6, 6.07) is 1.70. The molecule has 7 nitrogen and oxygen atoms in total. The zero-order valence-corrected chi connectivity index (χ0v) is 11.6. The van der Waals surface area contributed by atoms with Gasteiger partial charge in [-0.05, 0) is 0 Å². The van der Waals surface area contributed by atoms with Gasteiger partial charge in [-0.25, -0.2) is 9.97 Å². The van der Waals surface area contributed by atoms with E-state index < -0.39 is 18.4 Å². The third-order valence-corrected chi connectivity index (χ3v) is 3.66. The van der Waals surface area contributed by atoms with Gasteiger partial charge in [0.2, 0.25) is 0 Å². The molecule has 3 N–H and O–H groups in total. The summed E-state index contributed by atoms with van der Waals surface area (Å²) in [6.07, 6.45) is 0.278. The average Bonchev–Trinajstić information content (AvgIpc) is 3.00. The molecule has 0 radical (unpaired) electrons. The molecule has 0 saturated carbocycles. The summed E-state index contributed by atoms with van der Waals surface area (Å²) in [6.45, 7) is -0.222. The smallest absolute Gasteiger partial charge is 0.165 e. The molecule has 0 bridgehead atoms. The van der Waals surface area contributed by atoms with Crippen LogP contribution in [0.4, 0.5) is 5.69 Å². The van der Waals surface area contributed by atoms with Gasteiger partial charge < -0.3 is 20.3 Å². The third kappa shape index (κ3) is 2.12. The Morgan fingerprint density at radius 3 is 3.05 bits per heavy atom. The van der Waals surface area contributed by atoms with Gasteiger partial charge in [-0.3, -0.25) is 4.57 Å². The van der Waals surface area contributed by atoms with Crippen LogP contribution in [0.15, 0.2) is 12.4 Å². The molecule has 0 amide bonds. The topological polar surface area (TPSA) is 92.4 Å². The highest BCUT2D eigenvalue weighted by atomic mass is 35.5. The maximum atomic E-state index is 9.81. The Kier molecular flexibility index (Phi) is 3.51. The number of halogens is 1. The maximum Gasteiger partial charge on any atom is 0.165 e. The van der Waals surface area contributed by atoms with E-state index in [1.54, 1.807) is 24.0 Å². The van der Waals surface area contributed by atoms with Gasteiger partial charge in [0.1, 0.15) is 23.0 Å². The number of fused-ring (bicyclic) bond motifs is 1. The van der Waals surface area contributed by atoms with E-state index >= 15 is 0 Å². The minimum absolute atomic E-state index is 0.222. The second-order valence-electron chi connectivity index (χ2n) is 4.68. The normalized spacial score (nSPS) is 26.3. The van der Waals surface area contributed by atoms with Crippen LogP contribution >= 0.6 is 11.6 Å². The first-order valence-corrected chi connectivity index (χ1v) is 6.67. The van der Waals surface area contributed by atoms with E-state index in [4.69, 9.17) is 21.4 Å². The van der Waals surface area contributed by atoms with Crippen molar-refractivity contribution < 1.29 is 14.9 Å². The Labute approximate surface area is 120 Å². The third-order valence-electron chi connectivity index (χ3n) is 3.46. The van der Waals surface area contributed by atoms with Crippen LogP contribution in [0, 0.1) is 0 Å². The summed E-state index contributed by atoms with van der Waals surface area (Å²) in [5, 5.41) is 22.3. The number of aliphatic hydroxyl groups excluding tert-OH is 2. The van der Waals surface area contributed by atoms with E-state index in [2.05, 4.69) is 15.3 Å². The Morgan fingerprint density at radius 1 is 1.60 bits per heavy atom. The number of pyridine rings is 1. The number of anilines is 1. The van der Waals surface area contributed by atoms with Crippen LogP contribution < -0.4 is 5.32 Å². The van der Waals surface area contributed by atoms with Crippen molar-refractivity contribution in [3.8, 4) is 0 Å². The van der Waals surface area contributed by atoms with Crippen LogP contribution in [-0.2, 0) is 4.74 Å². The van der Waals surface area contributed by atoms with Crippen molar-refractivity contribution in [2.75, 3.05) is 19.0 Å². The molecular formula is C12H15ClN4O3. The van der Waals surface area contributed by atoms with Crippen molar-refractivity contribution in [1.82, 2.24) is 14.5 Å². The lowest BCUT2D eigenvalue weighted by atomic mass is 10.2. The van der Waals surface area contributed by atoms with E-state index in [9.17, 15) is 5.11 Å². The number of rotatable bonds is 3. The van der Waals surface area contributed by atoms with Crippen molar-refractivity contribution in [3.05, 3.63) is 17.5 Å². The van der Waals surface area contributed by atoms with Gasteiger partial charge in [0.05, 0.1) is 24.7 Å². The summed E-state index contributed by atoms with van der Waals surface area (Å²) >= 11 is 6.00. The van der Waals surface area contributed by atoms with Gasteiger partial charge in [0.25, 0.3) is 0 Å². The Balaban J connectivity index is 2.03. The first kappa shape index (κ1) is 13.6. The molecule has 1 aliphatic rings. The van der Waals surface area contributed by atoms with Crippen LogP contribution in [0.2, 0.25) is 5.15 Å². The van der Waals surface area contributed by atoms with Gasteiger partial charge in [-0.15, -0.1) is 0 Å². The fourth-order valence-corrected chi connectivity index (χ4v) is 2.62. The molecule has 3 atom stereocenters. The molecule has 1 saturated heterocycles. The van der Waals surface area contributed by atoms with Crippen LogP contribution in [0.25, 0.3) is 11.2 Å². The van der Waals surface area contributed by atoms with Crippen molar-refractivity contribution in [2.45, 2.75) is 24.9 Å². The fourth-order valence-electron chi connectivity index (χ4n) is 2.43. The SMILES string of the molecule is CNc1cc(Cl)nc2c1ncn2[C@H]1C[C@H](O)[C@@H](CO)O1. The number of nitrogens with zero attached hydrogens (tertiary/aromatic N) is 3. The predicted molar refractivity (Wildman–Crippen MR) is 73.7 cm³/mol. The van der Waals surface area contributed by atoms with Crippen LogP contribution in [0.3, 0.4) is 0 Å². The summed E-state index contributed by atoms with van der Waals surface area (Å²) in [7, 11) is 1.78. The highest BCUT2D eigenvalue weighted by Crippen LogP contribution is 2.32. The number of aliphatic hydroxyl groups is 2. The number of imidazole rings is 1. The van der Waals surface area contributed by atoms with E-state index in [0.29, 0.717) is 22.7 Å². The van der Waals surface area contributed by atoms with Crippen molar-refractivity contribution in [1.29, 1.82) is 0 Å². The number of hydrogen-bond donors (Lipinski definition) is 3. The molecule has 0 aliphatic carbocycles. The molecule has 3 rings (SSSR count). The number of ether oxygens (including phenoxy) is 1. The first-order chi connectivity index (χ1) is 9.63. The van der Waals surface area contributed by atoms with Gasteiger partial charge in [-0.2, -0.15) is 0 Å². The molecule has 0 aromatic carbocycles. The summed E-state index contributed by atoms with van der Waals surface area (Å²) in [5.41, 5.74) is 2.04. The van der Waals surface area contributed by atoms with Gasteiger partial charge in [-0.1, -0.05) is 11.6 Å².